The van der Waals surface area contributed by atoms with Crippen molar-refractivity contribution in [2.24, 2.45) is 23.7 Å². The summed E-state index contributed by atoms with van der Waals surface area (Å²) in [6.07, 6.45) is 8.04. The lowest BCUT2D eigenvalue weighted by molar-refractivity contribution is -0.125. The molecule has 4 aliphatic carbocycles. The molecule has 4 saturated carbocycles. The van der Waals surface area contributed by atoms with E-state index < -0.39 is 0 Å². The van der Waals surface area contributed by atoms with Gasteiger partial charge in [0.1, 0.15) is 0 Å². The van der Waals surface area contributed by atoms with E-state index in [1.54, 1.807) is 0 Å². The fraction of sp³-hybridized carbons (Fsp3) is 0.560. The Bertz CT molecular complexity index is 1120. The summed E-state index contributed by atoms with van der Waals surface area (Å²) in [5.41, 5.74) is 5.12. The Morgan fingerprint density at radius 3 is 2.50 bits per heavy atom. The number of nitrogens with zero attached hydrogens (tertiary/aromatic N) is 3. The molecule has 0 aliphatic heterocycles. The molecule has 30 heavy (non-hydrogen) atoms. The molecule has 0 radical (unpaired) electrons. The summed E-state index contributed by atoms with van der Waals surface area (Å²) in [5, 5.41) is 9.27. The molecule has 4 aliphatic rings. The Hall–Kier alpha value is -2.43. The van der Waals surface area contributed by atoms with Crippen LogP contribution in [0.2, 0.25) is 0 Å². The highest BCUT2D eigenvalue weighted by molar-refractivity contribution is 5.92. The predicted octanol–water partition coefficient (Wildman–Crippen LogP) is 4.37. The third-order valence-corrected chi connectivity index (χ3v) is 8.17. The van der Waals surface area contributed by atoms with E-state index in [0.717, 1.165) is 63.6 Å². The third-order valence-electron chi connectivity index (χ3n) is 8.17. The molecule has 2 heterocycles. The topological polar surface area (TPSA) is 59.3 Å². The lowest BCUT2D eigenvalue weighted by Gasteiger charge is -2.54. The second-order valence-electron chi connectivity index (χ2n) is 10.0. The van der Waals surface area contributed by atoms with E-state index in [9.17, 15) is 4.79 Å². The zero-order valence-electron chi connectivity index (χ0n) is 17.9. The molecular formula is C25H30N4O. The molecule has 3 aromatic rings. The smallest absolute Gasteiger partial charge is 0.220 e. The standard InChI is InChI=1S/C25H30N4O/c1-14-20(15(2)29-25(26-14)21-5-3-4-6-22(21)28-29)7-8-23(30)27-24-18-10-16-9-17(12-18)13-19(24)11-16/h3-6,16-19,24H,7-13H2,1-2H3,(H,27,30). The van der Waals surface area contributed by atoms with E-state index in [-0.39, 0.29) is 5.91 Å². The zero-order valence-corrected chi connectivity index (χ0v) is 17.9. The zero-order chi connectivity index (χ0) is 20.4. The van der Waals surface area contributed by atoms with Gasteiger partial charge in [0.25, 0.3) is 0 Å². The van der Waals surface area contributed by atoms with Crippen LogP contribution < -0.4 is 5.32 Å². The fourth-order valence-electron chi connectivity index (χ4n) is 7.00. The van der Waals surface area contributed by atoms with Gasteiger partial charge in [0.15, 0.2) is 5.65 Å². The van der Waals surface area contributed by atoms with Gasteiger partial charge in [-0.2, -0.15) is 5.10 Å². The largest absolute Gasteiger partial charge is 0.353 e. The minimum absolute atomic E-state index is 0.206. The molecule has 0 unspecified atom stereocenters. The predicted molar refractivity (Wildman–Crippen MR) is 117 cm³/mol. The van der Waals surface area contributed by atoms with Crippen molar-refractivity contribution >= 4 is 22.5 Å². The van der Waals surface area contributed by atoms with Gasteiger partial charge in [0.2, 0.25) is 5.91 Å². The van der Waals surface area contributed by atoms with Crippen LogP contribution in [-0.2, 0) is 11.2 Å². The highest BCUT2D eigenvalue weighted by Gasteiger charge is 2.48. The van der Waals surface area contributed by atoms with Gasteiger partial charge in [-0.05, 0) is 93.7 Å². The van der Waals surface area contributed by atoms with Crippen molar-refractivity contribution < 1.29 is 4.79 Å². The number of aromatic nitrogens is 3. The van der Waals surface area contributed by atoms with Crippen LogP contribution in [0, 0.1) is 37.5 Å². The number of carbonyl (C=O) groups excluding carboxylic acids is 1. The Kier molecular flexibility index (Phi) is 4.15. The number of aryl methyl sites for hydroxylation is 2. The van der Waals surface area contributed by atoms with Gasteiger partial charge >= 0.3 is 0 Å². The quantitative estimate of drug-likeness (QED) is 0.705. The molecule has 1 N–H and O–H groups in total. The summed E-state index contributed by atoms with van der Waals surface area (Å²) in [7, 11) is 0. The normalized spacial score (nSPS) is 29.7. The number of rotatable bonds is 4. The number of carbonyl (C=O) groups is 1. The summed E-state index contributed by atoms with van der Waals surface area (Å²) >= 11 is 0. The first-order chi connectivity index (χ1) is 14.6. The molecule has 5 heteroatoms. The number of benzene rings is 1. The summed E-state index contributed by atoms with van der Waals surface area (Å²) in [4.78, 5) is 17.7. The van der Waals surface area contributed by atoms with Crippen LogP contribution in [0.5, 0.6) is 0 Å². The van der Waals surface area contributed by atoms with E-state index in [4.69, 9.17) is 10.1 Å². The van der Waals surface area contributed by atoms with Crippen LogP contribution in [0.1, 0.15) is 55.5 Å². The average molecular weight is 403 g/mol. The molecule has 0 spiro atoms. The lowest BCUT2D eigenvalue weighted by Crippen LogP contribution is -2.55. The van der Waals surface area contributed by atoms with E-state index in [2.05, 4.69) is 25.2 Å². The van der Waals surface area contributed by atoms with Crippen LogP contribution in [-0.4, -0.2) is 26.5 Å². The Morgan fingerprint density at radius 2 is 1.77 bits per heavy atom. The lowest BCUT2D eigenvalue weighted by atomic mass is 9.54. The van der Waals surface area contributed by atoms with Crippen molar-refractivity contribution in [3.63, 3.8) is 0 Å². The molecule has 4 bridgehead atoms. The maximum absolute atomic E-state index is 12.9. The number of hydrogen-bond acceptors (Lipinski definition) is 3. The highest BCUT2D eigenvalue weighted by Crippen LogP contribution is 2.53. The fourth-order valence-corrected chi connectivity index (χ4v) is 7.00. The minimum Gasteiger partial charge on any atom is -0.353 e. The summed E-state index contributed by atoms with van der Waals surface area (Å²) in [5.74, 6) is 3.53. The Morgan fingerprint density at radius 1 is 1.07 bits per heavy atom. The molecule has 4 fully saturated rings. The molecule has 1 amide bonds. The van der Waals surface area contributed by atoms with Crippen molar-refractivity contribution in [3.05, 3.63) is 41.2 Å². The van der Waals surface area contributed by atoms with E-state index >= 15 is 0 Å². The van der Waals surface area contributed by atoms with Crippen LogP contribution >= 0.6 is 0 Å². The van der Waals surface area contributed by atoms with Gasteiger partial charge in [-0.3, -0.25) is 4.79 Å². The first-order valence-corrected chi connectivity index (χ1v) is 11.6. The molecule has 156 valence electrons. The second-order valence-corrected chi connectivity index (χ2v) is 10.0. The average Bonchev–Trinajstić information content (AvgIpc) is 3.09. The molecule has 2 aromatic heterocycles. The monoisotopic (exact) mass is 402 g/mol. The van der Waals surface area contributed by atoms with Crippen molar-refractivity contribution in [1.82, 2.24) is 19.9 Å². The van der Waals surface area contributed by atoms with Gasteiger partial charge in [0, 0.05) is 29.2 Å². The highest BCUT2D eigenvalue weighted by atomic mass is 16.1. The first kappa shape index (κ1) is 18.3. The number of fused-ring (bicyclic) bond motifs is 3. The summed E-state index contributed by atoms with van der Waals surface area (Å²) < 4.78 is 1.95. The molecule has 0 saturated heterocycles. The number of hydrogen-bond donors (Lipinski definition) is 1. The van der Waals surface area contributed by atoms with E-state index in [1.165, 1.54) is 32.1 Å². The Balaban J connectivity index is 1.19. The van der Waals surface area contributed by atoms with Crippen molar-refractivity contribution in [3.8, 4) is 0 Å². The van der Waals surface area contributed by atoms with Crippen LogP contribution in [0.25, 0.3) is 16.6 Å². The van der Waals surface area contributed by atoms with Crippen molar-refractivity contribution in [2.75, 3.05) is 0 Å². The summed E-state index contributed by atoms with van der Waals surface area (Å²) in [6, 6.07) is 8.55. The SMILES string of the molecule is Cc1nc2c3ccccc3nn2c(C)c1CCC(=O)NC1C2CC3CC(C2)CC1C3. The molecule has 0 atom stereocenters. The van der Waals surface area contributed by atoms with E-state index in [1.807, 2.05) is 22.7 Å². The van der Waals surface area contributed by atoms with Gasteiger partial charge in [0.05, 0.1) is 5.52 Å². The van der Waals surface area contributed by atoms with Gasteiger partial charge < -0.3 is 5.32 Å². The van der Waals surface area contributed by atoms with Crippen molar-refractivity contribution in [1.29, 1.82) is 0 Å². The van der Waals surface area contributed by atoms with Crippen LogP contribution in [0.15, 0.2) is 24.3 Å². The van der Waals surface area contributed by atoms with Crippen LogP contribution in [0.3, 0.4) is 0 Å². The second kappa shape index (κ2) is 6.79. The molecular weight excluding hydrogens is 372 g/mol. The molecule has 7 rings (SSSR count). The van der Waals surface area contributed by atoms with Gasteiger partial charge in [-0.15, -0.1) is 0 Å². The van der Waals surface area contributed by atoms with Crippen molar-refractivity contribution in [2.45, 2.75) is 64.8 Å². The van der Waals surface area contributed by atoms with Gasteiger partial charge in [-0.25, -0.2) is 9.50 Å². The van der Waals surface area contributed by atoms with E-state index in [0.29, 0.717) is 12.5 Å². The third kappa shape index (κ3) is 2.85. The maximum Gasteiger partial charge on any atom is 0.220 e. The van der Waals surface area contributed by atoms with Gasteiger partial charge in [-0.1, -0.05) is 12.1 Å². The minimum atomic E-state index is 0.206. The molecule has 1 aromatic carbocycles. The van der Waals surface area contributed by atoms with Crippen LogP contribution in [0.4, 0.5) is 0 Å². The first-order valence-electron chi connectivity index (χ1n) is 11.6. The Labute approximate surface area is 177 Å². The maximum atomic E-state index is 12.9. The number of nitrogens with one attached hydrogen (secondary N) is 1. The number of amides is 1. The molecule has 5 nitrogen and oxygen atoms in total. The summed E-state index contributed by atoms with van der Waals surface area (Å²) in [6.45, 7) is 4.15.